The van der Waals surface area contributed by atoms with Crippen LogP contribution >= 0.6 is 11.6 Å². The smallest absolute Gasteiger partial charge is 0.549 e. The Hall–Kier alpha value is 1.40. The number of carbonyl (C=O) groups excluding carboxylic acids is 1. The van der Waals surface area contributed by atoms with Crippen molar-refractivity contribution >= 4 is 17.6 Å². The molecule has 0 spiro atoms. The molecule has 0 aliphatic rings. The fourth-order valence-corrected chi connectivity index (χ4v) is 1.20. The summed E-state index contributed by atoms with van der Waals surface area (Å²) in [5.74, 6) is -1.15. The number of alkyl halides is 1. The van der Waals surface area contributed by atoms with Gasteiger partial charge in [-0.1, -0.05) is 39.0 Å². The Bertz CT molecular complexity index is 131. The van der Waals surface area contributed by atoms with Gasteiger partial charge in [0.25, 0.3) is 0 Å². The summed E-state index contributed by atoms with van der Waals surface area (Å²) in [6, 6.07) is 0. The van der Waals surface area contributed by atoms with Crippen LogP contribution in [0.3, 0.4) is 0 Å². The first kappa shape index (κ1) is 16.8. The molecule has 4 heteroatoms. The van der Waals surface area contributed by atoms with Crippen LogP contribution in [0.25, 0.3) is 0 Å². The van der Waals surface area contributed by atoms with Crippen molar-refractivity contribution in [3.8, 4) is 0 Å². The molecule has 0 rings (SSSR count). The van der Waals surface area contributed by atoms with Gasteiger partial charge in [-0.3, -0.25) is 0 Å². The molecule has 0 saturated heterocycles. The number of carbonyl (C=O) groups is 1. The Kier molecular flexibility index (Phi) is 14.8. The molecule has 72 valence electrons. The maximum atomic E-state index is 10.2. The zero-order valence-electron chi connectivity index (χ0n) is 8.51. The molecule has 0 fully saturated rings. The van der Waals surface area contributed by atoms with Crippen LogP contribution in [0.15, 0.2) is 0 Å². The van der Waals surface area contributed by atoms with E-state index in [0.717, 1.165) is 12.8 Å². The largest absolute Gasteiger partial charge is 1.00 e. The molecule has 0 amide bonds. The zero-order valence-corrected chi connectivity index (χ0v) is 12.4. The summed E-state index contributed by atoms with van der Waals surface area (Å²) < 4.78 is 0. The molecule has 0 N–H and O–H groups in total. The number of unbranched alkanes of at least 4 members (excludes halogenated alkanes) is 4. The van der Waals surface area contributed by atoms with E-state index in [1.54, 1.807) is 0 Å². The van der Waals surface area contributed by atoms with E-state index in [9.17, 15) is 9.90 Å². The first-order valence-corrected chi connectivity index (χ1v) is 4.97. The van der Waals surface area contributed by atoms with Crippen LogP contribution in [0.2, 0.25) is 0 Å². The van der Waals surface area contributed by atoms with Gasteiger partial charge in [0.2, 0.25) is 0 Å². The number of halogens is 1. The van der Waals surface area contributed by atoms with Gasteiger partial charge in [0, 0.05) is 0 Å². The van der Waals surface area contributed by atoms with Gasteiger partial charge in [0.05, 0.1) is 11.3 Å². The quantitative estimate of drug-likeness (QED) is 0.310. The molecule has 13 heavy (non-hydrogen) atoms. The van der Waals surface area contributed by atoms with Crippen LogP contribution in [0.4, 0.5) is 0 Å². The zero-order chi connectivity index (χ0) is 9.40. The van der Waals surface area contributed by atoms with Crippen molar-refractivity contribution in [1.29, 1.82) is 0 Å². The van der Waals surface area contributed by atoms with Gasteiger partial charge in [0.15, 0.2) is 0 Å². The third kappa shape index (κ3) is 11.3. The van der Waals surface area contributed by atoms with Crippen molar-refractivity contribution < 1.29 is 61.3 Å². The minimum Gasteiger partial charge on any atom is -0.549 e. The number of hydrogen-bond acceptors (Lipinski definition) is 2. The van der Waals surface area contributed by atoms with Crippen LogP contribution in [-0.4, -0.2) is 11.3 Å². The molecular formula is C9H16ClKO2. The third-order valence-corrected chi connectivity index (χ3v) is 2.21. The Morgan fingerprint density at radius 2 is 1.85 bits per heavy atom. The number of carboxylic acid groups (broad SMARTS) is 1. The Balaban J connectivity index is 0. The van der Waals surface area contributed by atoms with Crippen molar-refractivity contribution in [2.45, 2.75) is 50.8 Å². The van der Waals surface area contributed by atoms with Crippen LogP contribution in [0.5, 0.6) is 0 Å². The maximum absolute atomic E-state index is 10.2. The van der Waals surface area contributed by atoms with Gasteiger partial charge in [0.1, 0.15) is 0 Å². The van der Waals surface area contributed by atoms with E-state index in [-0.39, 0.29) is 51.4 Å². The summed E-state index contributed by atoms with van der Waals surface area (Å²) >= 11 is 5.47. The van der Waals surface area contributed by atoms with E-state index >= 15 is 0 Å². The van der Waals surface area contributed by atoms with Gasteiger partial charge < -0.3 is 9.90 Å². The van der Waals surface area contributed by atoms with Gasteiger partial charge in [-0.15, -0.1) is 11.6 Å². The third-order valence-electron chi connectivity index (χ3n) is 1.82. The number of hydrogen-bond donors (Lipinski definition) is 0. The summed E-state index contributed by atoms with van der Waals surface area (Å²) in [5, 5.41) is 9.38. The van der Waals surface area contributed by atoms with E-state index in [0.29, 0.717) is 6.42 Å². The van der Waals surface area contributed by atoms with E-state index in [4.69, 9.17) is 11.6 Å². The Morgan fingerprint density at radius 1 is 1.31 bits per heavy atom. The molecule has 0 aromatic rings. The molecule has 0 aromatic carbocycles. The topological polar surface area (TPSA) is 40.1 Å². The van der Waals surface area contributed by atoms with E-state index < -0.39 is 11.3 Å². The number of carboxylic acids is 1. The molecule has 1 atom stereocenters. The monoisotopic (exact) mass is 230 g/mol. The van der Waals surface area contributed by atoms with Crippen molar-refractivity contribution in [1.82, 2.24) is 0 Å². The SMILES string of the molecule is CCCCCCCC(Cl)C(=O)[O-].[K+]. The van der Waals surface area contributed by atoms with Gasteiger partial charge in [-0.2, -0.15) is 0 Å². The summed E-state index contributed by atoms with van der Waals surface area (Å²) in [7, 11) is 0. The van der Waals surface area contributed by atoms with E-state index in [1.807, 2.05) is 0 Å². The maximum Gasteiger partial charge on any atom is 1.00 e. The predicted molar refractivity (Wildman–Crippen MR) is 48.0 cm³/mol. The average molecular weight is 231 g/mol. The molecule has 0 bridgehead atoms. The molecule has 0 aliphatic heterocycles. The molecule has 0 heterocycles. The average Bonchev–Trinajstić information content (AvgIpc) is 2.03. The molecule has 2 nitrogen and oxygen atoms in total. The summed E-state index contributed by atoms with van der Waals surface area (Å²) in [6.07, 6.45) is 6.09. The molecule has 1 unspecified atom stereocenters. The Labute approximate surface area is 128 Å². The van der Waals surface area contributed by atoms with Gasteiger partial charge >= 0.3 is 51.4 Å². The first-order chi connectivity index (χ1) is 5.68. The van der Waals surface area contributed by atoms with Gasteiger partial charge in [-0.25, -0.2) is 0 Å². The molecular weight excluding hydrogens is 215 g/mol. The second-order valence-corrected chi connectivity index (χ2v) is 3.52. The van der Waals surface area contributed by atoms with Crippen molar-refractivity contribution in [2.75, 3.05) is 0 Å². The normalized spacial score (nSPS) is 11.8. The van der Waals surface area contributed by atoms with Crippen LogP contribution < -0.4 is 56.5 Å². The van der Waals surface area contributed by atoms with Crippen LogP contribution in [0.1, 0.15) is 45.4 Å². The summed E-state index contributed by atoms with van der Waals surface area (Å²) in [4.78, 5) is 10.2. The minimum absolute atomic E-state index is 0. The second kappa shape index (κ2) is 11.5. The summed E-state index contributed by atoms with van der Waals surface area (Å²) in [5.41, 5.74) is 0. The van der Waals surface area contributed by atoms with Gasteiger partial charge in [-0.05, 0) is 6.42 Å². The molecule has 0 radical (unpaired) electrons. The van der Waals surface area contributed by atoms with Crippen LogP contribution in [-0.2, 0) is 4.79 Å². The van der Waals surface area contributed by atoms with E-state index in [2.05, 4.69) is 6.92 Å². The standard InChI is InChI=1S/C9H17ClO2.K/c1-2-3-4-5-6-7-8(10)9(11)12;/h8H,2-7H2,1H3,(H,11,12);/q;+1/p-1. The predicted octanol–water partition coefficient (Wildman–Crippen LogP) is -1.29. The fraction of sp³-hybridized carbons (Fsp3) is 0.889. The van der Waals surface area contributed by atoms with Crippen LogP contribution in [0, 0.1) is 0 Å². The summed E-state index contributed by atoms with van der Waals surface area (Å²) in [6.45, 7) is 2.14. The molecule has 0 saturated carbocycles. The van der Waals surface area contributed by atoms with E-state index in [1.165, 1.54) is 19.3 Å². The molecule has 0 aromatic heterocycles. The van der Waals surface area contributed by atoms with Crippen molar-refractivity contribution in [2.24, 2.45) is 0 Å². The number of aliphatic carboxylic acids is 1. The Morgan fingerprint density at radius 3 is 2.31 bits per heavy atom. The first-order valence-electron chi connectivity index (χ1n) is 4.53. The molecule has 0 aliphatic carbocycles. The minimum atomic E-state index is -1.15. The van der Waals surface area contributed by atoms with Crippen molar-refractivity contribution in [3.05, 3.63) is 0 Å². The fourth-order valence-electron chi connectivity index (χ4n) is 1.04. The van der Waals surface area contributed by atoms with Crippen molar-refractivity contribution in [3.63, 3.8) is 0 Å². The second-order valence-electron chi connectivity index (χ2n) is 2.99. The number of rotatable bonds is 7.